The molecule has 1 aromatic heterocycles. The molecule has 1 saturated heterocycles. The summed E-state index contributed by atoms with van der Waals surface area (Å²) in [5.74, 6) is -1.58. The Hall–Kier alpha value is -3.02. The fourth-order valence-electron chi connectivity index (χ4n) is 4.36. The summed E-state index contributed by atoms with van der Waals surface area (Å²) in [6, 6.07) is 10.8. The summed E-state index contributed by atoms with van der Waals surface area (Å²) in [6.45, 7) is 0. The molecule has 6 heteroatoms. The van der Waals surface area contributed by atoms with Gasteiger partial charge in [0.15, 0.2) is 0 Å². The number of hydrazine groups is 1. The SMILES string of the molecule is O=C(NN1C(=O)[C@H]2[C@H](C1=O)[C@H]1C=C[C@H]2C1)c1ccc2ccccc2n1. The van der Waals surface area contributed by atoms with Crippen LogP contribution in [-0.4, -0.2) is 27.7 Å². The highest BCUT2D eigenvalue weighted by atomic mass is 16.2. The number of hydrogen-bond acceptors (Lipinski definition) is 4. The largest absolute Gasteiger partial charge is 0.288 e. The number of para-hydroxylation sites is 1. The number of nitrogens with zero attached hydrogens (tertiary/aromatic N) is 2. The van der Waals surface area contributed by atoms with E-state index < -0.39 is 5.91 Å². The maximum absolute atomic E-state index is 12.6. The molecule has 2 heterocycles. The number of rotatable bonds is 2. The third kappa shape index (κ3) is 1.97. The molecule has 1 aliphatic heterocycles. The average molecular weight is 333 g/mol. The van der Waals surface area contributed by atoms with Gasteiger partial charge in [-0.2, -0.15) is 5.01 Å². The molecule has 0 spiro atoms. The number of hydrogen-bond donors (Lipinski definition) is 1. The van der Waals surface area contributed by atoms with Crippen molar-refractivity contribution in [1.29, 1.82) is 0 Å². The number of nitrogens with one attached hydrogen (secondary N) is 1. The quantitative estimate of drug-likeness (QED) is 0.670. The van der Waals surface area contributed by atoms with Crippen molar-refractivity contribution >= 4 is 28.6 Å². The van der Waals surface area contributed by atoms with Crippen LogP contribution in [0.25, 0.3) is 10.9 Å². The van der Waals surface area contributed by atoms with E-state index in [0.717, 1.165) is 16.8 Å². The van der Waals surface area contributed by atoms with Crippen molar-refractivity contribution < 1.29 is 14.4 Å². The number of carbonyl (C=O) groups is 3. The summed E-state index contributed by atoms with van der Waals surface area (Å²) in [5.41, 5.74) is 3.33. The van der Waals surface area contributed by atoms with Gasteiger partial charge in [0.2, 0.25) is 0 Å². The molecular weight excluding hydrogens is 318 g/mol. The van der Waals surface area contributed by atoms with Gasteiger partial charge in [-0.3, -0.25) is 19.8 Å². The highest BCUT2D eigenvalue weighted by Gasteiger charge is 2.59. The number of allylic oxidation sites excluding steroid dienone is 2. The van der Waals surface area contributed by atoms with Gasteiger partial charge in [0.1, 0.15) is 5.69 Å². The van der Waals surface area contributed by atoms with Crippen molar-refractivity contribution in [3.63, 3.8) is 0 Å². The maximum Gasteiger partial charge on any atom is 0.288 e. The average Bonchev–Trinajstić information content (AvgIpc) is 3.31. The maximum atomic E-state index is 12.6. The number of aromatic nitrogens is 1. The van der Waals surface area contributed by atoms with Crippen LogP contribution in [0, 0.1) is 23.7 Å². The first-order valence-corrected chi connectivity index (χ1v) is 8.36. The summed E-state index contributed by atoms with van der Waals surface area (Å²) >= 11 is 0. The van der Waals surface area contributed by atoms with Gasteiger partial charge >= 0.3 is 0 Å². The summed E-state index contributed by atoms with van der Waals surface area (Å²) < 4.78 is 0. The predicted molar refractivity (Wildman–Crippen MR) is 88.8 cm³/mol. The number of benzene rings is 1. The molecule has 1 aromatic carbocycles. The van der Waals surface area contributed by atoms with Crippen LogP contribution >= 0.6 is 0 Å². The minimum atomic E-state index is -0.548. The first kappa shape index (κ1) is 14.3. The van der Waals surface area contributed by atoms with Crippen molar-refractivity contribution in [1.82, 2.24) is 15.4 Å². The molecule has 3 aliphatic rings. The molecule has 3 amide bonds. The lowest BCUT2D eigenvalue weighted by Crippen LogP contribution is -2.47. The normalized spacial score (nSPS) is 29.5. The van der Waals surface area contributed by atoms with Crippen LogP contribution in [0.1, 0.15) is 16.9 Å². The summed E-state index contributed by atoms with van der Waals surface area (Å²) in [7, 11) is 0. The highest BCUT2D eigenvalue weighted by Crippen LogP contribution is 2.52. The molecule has 2 fully saturated rings. The van der Waals surface area contributed by atoms with Crippen LogP contribution in [0.3, 0.4) is 0 Å². The van der Waals surface area contributed by atoms with Crippen LogP contribution in [0.4, 0.5) is 0 Å². The molecule has 5 rings (SSSR count). The Bertz CT molecular complexity index is 937. The Morgan fingerprint density at radius 1 is 1.00 bits per heavy atom. The van der Waals surface area contributed by atoms with Crippen molar-refractivity contribution in [3.8, 4) is 0 Å². The molecular formula is C19H15N3O3. The van der Waals surface area contributed by atoms with Crippen LogP contribution in [0.5, 0.6) is 0 Å². The van der Waals surface area contributed by atoms with Gasteiger partial charge in [0.25, 0.3) is 17.7 Å². The standard InChI is InChI=1S/C19H15N3O3/c23-17(14-8-7-10-3-1-2-4-13(10)20-14)21-22-18(24)15-11-5-6-12(9-11)16(15)19(22)25/h1-8,11-12,15-16H,9H2,(H,21,23)/t11-,12-,15+,16+/m0/s1. The van der Waals surface area contributed by atoms with E-state index in [4.69, 9.17) is 0 Å². The van der Waals surface area contributed by atoms with E-state index in [0.29, 0.717) is 5.52 Å². The van der Waals surface area contributed by atoms with Crippen molar-refractivity contribution in [2.24, 2.45) is 23.7 Å². The van der Waals surface area contributed by atoms with Gasteiger partial charge in [0.05, 0.1) is 17.4 Å². The molecule has 6 nitrogen and oxygen atoms in total. The smallest absolute Gasteiger partial charge is 0.272 e. The minimum Gasteiger partial charge on any atom is -0.272 e. The molecule has 0 radical (unpaired) electrons. The van der Waals surface area contributed by atoms with Gasteiger partial charge in [-0.05, 0) is 30.4 Å². The zero-order valence-corrected chi connectivity index (χ0v) is 13.3. The van der Waals surface area contributed by atoms with Gasteiger partial charge in [-0.1, -0.05) is 36.4 Å². The predicted octanol–water partition coefficient (Wildman–Crippen LogP) is 1.69. The van der Waals surface area contributed by atoms with E-state index in [-0.39, 0.29) is 41.2 Å². The fraction of sp³-hybridized carbons (Fsp3) is 0.263. The Morgan fingerprint density at radius 2 is 1.68 bits per heavy atom. The first-order chi connectivity index (χ1) is 12.1. The molecule has 2 aliphatic carbocycles. The van der Waals surface area contributed by atoms with E-state index >= 15 is 0 Å². The van der Waals surface area contributed by atoms with Crippen LogP contribution in [0.2, 0.25) is 0 Å². The van der Waals surface area contributed by atoms with Crippen LogP contribution < -0.4 is 5.43 Å². The van der Waals surface area contributed by atoms with E-state index in [1.165, 1.54) is 0 Å². The van der Waals surface area contributed by atoms with E-state index in [1.807, 2.05) is 36.4 Å². The lowest BCUT2D eigenvalue weighted by Gasteiger charge is -2.17. The second-order valence-corrected chi connectivity index (χ2v) is 6.84. The topological polar surface area (TPSA) is 79.4 Å². The van der Waals surface area contributed by atoms with Crippen LogP contribution in [-0.2, 0) is 9.59 Å². The van der Waals surface area contributed by atoms with E-state index in [2.05, 4.69) is 10.4 Å². The molecule has 1 N–H and O–H groups in total. The molecule has 2 aromatic rings. The number of pyridine rings is 1. The third-order valence-electron chi connectivity index (χ3n) is 5.51. The first-order valence-electron chi connectivity index (χ1n) is 8.36. The molecule has 4 atom stereocenters. The molecule has 2 bridgehead atoms. The minimum absolute atomic E-state index is 0.118. The van der Waals surface area contributed by atoms with E-state index in [9.17, 15) is 14.4 Å². The Morgan fingerprint density at radius 3 is 2.40 bits per heavy atom. The molecule has 1 saturated carbocycles. The number of amides is 3. The second-order valence-electron chi connectivity index (χ2n) is 6.84. The molecule has 25 heavy (non-hydrogen) atoms. The number of imide groups is 1. The zero-order chi connectivity index (χ0) is 17.1. The fourth-order valence-corrected chi connectivity index (χ4v) is 4.36. The second kappa shape index (κ2) is 4.99. The summed E-state index contributed by atoms with van der Waals surface area (Å²) in [5, 5.41) is 1.82. The van der Waals surface area contributed by atoms with Crippen molar-refractivity contribution in [2.75, 3.05) is 0 Å². The van der Waals surface area contributed by atoms with Crippen molar-refractivity contribution in [3.05, 3.63) is 54.2 Å². The van der Waals surface area contributed by atoms with E-state index in [1.54, 1.807) is 12.1 Å². The summed E-state index contributed by atoms with van der Waals surface area (Å²) in [4.78, 5) is 42.0. The van der Waals surface area contributed by atoms with Gasteiger partial charge < -0.3 is 0 Å². The third-order valence-corrected chi connectivity index (χ3v) is 5.51. The Labute approximate surface area is 143 Å². The monoisotopic (exact) mass is 333 g/mol. The Balaban J connectivity index is 1.40. The summed E-state index contributed by atoms with van der Waals surface area (Å²) in [6.07, 6.45) is 4.90. The van der Waals surface area contributed by atoms with Gasteiger partial charge in [0, 0.05) is 5.39 Å². The number of fused-ring (bicyclic) bond motifs is 6. The van der Waals surface area contributed by atoms with Gasteiger partial charge in [-0.25, -0.2) is 4.98 Å². The highest BCUT2D eigenvalue weighted by molar-refractivity contribution is 6.08. The van der Waals surface area contributed by atoms with Crippen LogP contribution in [0.15, 0.2) is 48.6 Å². The Kier molecular flexibility index (Phi) is 2.86. The molecule has 0 unspecified atom stereocenters. The van der Waals surface area contributed by atoms with Crippen molar-refractivity contribution in [2.45, 2.75) is 6.42 Å². The lowest BCUT2D eigenvalue weighted by molar-refractivity contribution is -0.143. The zero-order valence-electron chi connectivity index (χ0n) is 13.3. The number of carbonyl (C=O) groups excluding carboxylic acids is 3. The lowest BCUT2D eigenvalue weighted by atomic mass is 9.85. The van der Waals surface area contributed by atoms with Gasteiger partial charge in [-0.15, -0.1) is 0 Å². The molecule has 124 valence electrons.